The molecule has 1 aliphatic heterocycles. The number of rotatable bonds is 4. The summed E-state index contributed by atoms with van der Waals surface area (Å²) < 4.78 is 5.43. The van der Waals surface area contributed by atoms with E-state index < -0.39 is 5.97 Å². The van der Waals surface area contributed by atoms with Crippen LogP contribution >= 0.6 is 0 Å². The van der Waals surface area contributed by atoms with Gasteiger partial charge in [0.2, 0.25) is 0 Å². The maximum Gasteiger partial charge on any atom is 0.304 e. The molecule has 0 radical (unpaired) electrons. The molecule has 2 atom stereocenters. The lowest BCUT2D eigenvalue weighted by atomic mass is 9.88. The molecule has 2 rings (SSSR count). The van der Waals surface area contributed by atoms with Crippen molar-refractivity contribution >= 4 is 5.97 Å². The summed E-state index contributed by atoms with van der Waals surface area (Å²) in [6, 6.07) is 5.68. The highest BCUT2D eigenvalue weighted by atomic mass is 16.5. The van der Waals surface area contributed by atoms with E-state index in [-0.39, 0.29) is 18.4 Å². The van der Waals surface area contributed by atoms with Crippen LogP contribution in [0, 0.1) is 0 Å². The summed E-state index contributed by atoms with van der Waals surface area (Å²) in [5, 5.41) is 8.91. The lowest BCUT2D eigenvalue weighted by Crippen LogP contribution is -2.26. The van der Waals surface area contributed by atoms with Crippen LogP contribution in [0.2, 0.25) is 0 Å². The first-order valence-electron chi connectivity index (χ1n) is 5.81. The maximum absolute atomic E-state index is 10.8. The molecule has 1 aromatic carbocycles. The van der Waals surface area contributed by atoms with Gasteiger partial charge in [0.15, 0.2) is 0 Å². The molecule has 0 aromatic heterocycles. The Kier molecular flexibility index (Phi) is 3.33. The topological polar surface area (TPSA) is 72.6 Å². The zero-order valence-corrected chi connectivity index (χ0v) is 9.85. The van der Waals surface area contributed by atoms with E-state index in [1.165, 1.54) is 0 Å². The van der Waals surface area contributed by atoms with Crippen molar-refractivity contribution in [3.63, 3.8) is 0 Å². The van der Waals surface area contributed by atoms with Crippen molar-refractivity contribution in [2.75, 3.05) is 6.61 Å². The van der Waals surface area contributed by atoms with E-state index in [4.69, 9.17) is 15.6 Å². The summed E-state index contributed by atoms with van der Waals surface area (Å²) in [4.78, 5) is 10.8. The Morgan fingerprint density at radius 2 is 2.35 bits per heavy atom. The van der Waals surface area contributed by atoms with Gasteiger partial charge in [0.05, 0.1) is 13.0 Å². The van der Waals surface area contributed by atoms with Crippen molar-refractivity contribution in [1.29, 1.82) is 0 Å². The molecule has 1 aliphatic rings. The number of aliphatic carboxylic acids is 1. The molecule has 0 saturated heterocycles. The molecule has 0 spiro atoms. The molecule has 0 aliphatic carbocycles. The summed E-state index contributed by atoms with van der Waals surface area (Å²) in [6.07, 6.45) is 0.958. The van der Waals surface area contributed by atoms with Crippen LogP contribution < -0.4 is 10.5 Å². The normalized spacial score (nSPS) is 17.1. The van der Waals surface area contributed by atoms with E-state index in [1.54, 1.807) is 0 Å². The number of carboxylic acids is 1. The second-order valence-electron chi connectivity index (χ2n) is 4.53. The van der Waals surface area contributed by atoms with Gasteiger partial charge in [-0.3, -0.25) is 4.79 Å². The van der Waals surface area contributed by atoms with E-state index in [9.17, 15) is 4.79 Å². The van der Waals surface area contributed by atoms with E-state index in [1.807, 2.05) is 25.1 Å². The van der Waals surface area contributed by atoms with Crippen LogP contribution in [-0.4, -0.2) is 23.7 Å². The molecular weight excluding hydrogens is 218 g/mol. The molecule has 0 amide bonds. The first-order chi connectivity index (χ1) is 8.08. The first kappa shape index (κ1) is 11.9. The molecule has 3 N–H and O–H groups in total. The van der Waals surface area contributed by atoms with Gasteiger partial charge >= 0.3 is 5.97 Å². The first-order valence-corrected chi connectivity index (χ1v) is 5.81. The highest BCUT2D eigenvalue weighted by molar-refractivity contribution is 5.68. The van der Waals surface area contributed by atoms with Gasteiger partial charge in [-0.25, -0.2) is 0 Å². The van der Waals surface area contributed by atoms with Crippen LogP contribution in [0.1, 0.15) is 30.4 Å². The van der Waals surface area contributed by atoms with Crippen LogP contribution in [0.15, 0.2) is 18.2 Å². The number of fused-ring (bicyclic) bond motifs is 1. The Hall–Kier alpha value is -1.55. The van der Waals surface area contributed by atoms with Gasteiger partial charge in [0, 0.05) is 18.4 Å². The molecule has 92 valence electrons. The standard InChI is InChI=1S/C13H17NO3/c1-8(14)11(7-13(15)16)9-2-3-12-10(6-9)4-5-17-12/h2-3,6,8,11H,4-5,7,14H2,1H3,(H,15,16). The molecule has 1 aromatic rings. The quantitative estimate of drug-likeness (QED) is 0.830. The summed E-state index contributed by atoms with van der Waals surface area (Å²) >= 11 is 0. The number of nitrogens with two attached hydrogens (primary N) is 1. The Bertz CT molecular complexity index is 429. The van der Waals surface area contributed by atoms with Gasteiger partial charge in [-0.1, -0.05) is 12.1 Å². The Morgan fingerprint density at radius 3 is 3.00 bits per heavy atom. The minimum Gasteiger partial charge on any atom is -0.493 e. The zero-order chi connectivity index (χ0) is 12.4. The smallest absolute Gasteiger partial charge is 0.304 e. The molecule has 4 nitrogen and oxygen atoms in total. The monoisotopic (exact) mass is 235 g/mol. The number of ether oxygens (including phenoxy) is 1. The Morgan fingerprint density at radius 1 is 1.59 bits per heavy atom. The summed E-state index contributed by atoms with van der Waals surface area (Å²) in [6.45, 7) is 2.55. The van der Waals surface area contributed by atoms with Gasteiger partial charge < -0.3 is 15.6 Å². The number of carboxylic acid groups (broad SMARTS) is 1. The minimum absolute atomic E-state index is 0.0668. The van der Waals surface area contributed by atoms with Crippen molar-refractivity contribution in [1.82, 2.24) is 0 Å². The van der Waals surface area contributed by atoms with Gasteiger partial charge in [-0.15, -0.1) is 0 Å². The van der Waals surface area contributed by atoms with Gasteiger partial charge in [0.25, 0.3) is 0 Å². The Balaban J connectivity index is 2.27. The summed E-state index contributed by atoms with van der Waals surface area (Å²) in [7, 11) is 0. The molecular formula is C13H17NO3. The number of hydrogen-bond donors (Lipinski definition) is 2. The highest BCUT2D eigenvalue weighted by Crippen LogP contribution is 2.31. The van der Waals surface area contributed by atoms with Crippen LogP contribution in [0.4, 0.5) is 0 Å². The molecule has 0 fully saturated rings. The van der Waals surface area contributed by atoms with E-state index in [2.05, 4.69) is 0 Å². The van der Waals surface area contributed by atoms with Crippen LogP contribution in [0.5, 0.6) is 5.75 Å². The second kappa shape index (κ2) is 4.75. The Labute approximate surface area is 100 Å². The average Bonchev–Trinajstić information content (AvgIpc) is 2.72. The number of hydrogen-bond acceptors (Lipinski definition) is 3. The van der Waals surface area contributed by atoms with Gasteiger partial charge in [-0.05, 0) is 24.1 Å². The van der Waals surface area contributed by atoms with Gasteiger partial charge in [-0.2, -0.15) is 0 Å². The lowest BCUT2D eigenvalue weighted by molar-refractivity contribution is -0.137. The van der Waals surface area contributed by atoms with Crippen molar-refractivity contribution in [3.05, 3.63) is 29.3 Å². The van der Waals surface area contributed by atoms with Crippen molar-refractivity contribution in [2.45, 2.75) is 31.7 Å². The van der Waals surface area contributed by atoms with Crippen LogP contribution in [-0.2, 0) is 11.2 Å². The highest BCUT2D eigenvalue weighted by Gasteiger charge is 2.22. The van der Waals surface area contributed by atoms with Crippen LogP contribution in [0.3, 0.4) is 0 Å². The average molecular weight is 235 g/mol. The SMILES string of the molecule is CC(N)C(CC(=O)O)c1ccc2c(c1)CCO2. The fraction of sp³-hybridized carbons (Fsp3) is 0.462. The molecule has 0 bridgehead atoms. The molecule has 1 heterocycles. The molecule has 4 heteroatoms. The predicted molar refractivity (Wildman–Crippen MR) is 64.3 cm³/mol. The number of carbonyl (C=O) groups is 1. The third-order valence-corrected chi connectivity index (χ3v) is 3.17. The third kappa shape index (κ3) is 2.58. The summed E-state index contributed by atoms with van der Waals surface area (Å²) in [5.41, 5.74) is 8.01. The molecule has 2 unspecified atom stereocenters. The lowest BCUT2D eigenvalue weighted by Gasteiger charge is -2.19. The van der Waals surface area contributed by atoms with E-state index >= 15 is 0 Å². The fourth-order valence-electron chi connectivity index (χ4n) is 2.23. The van der Waals surface area contributed by atoms with E-state index in [0.717, 1.165) is 23.3 Å². The largest absolute Gasteiger partial charge is 0.493 e. The van der Waals surface area contributed by atoms with Crippen molar-refractivity contribution in [3.8, 4) is 5.75 Å². The zero-order valence-electron chi connectivity index (χ0n) is 9.85. The maximum atomic E-state index is 10.8. The fourth-order valence-corrected chi connectivity index (χ4v) is 2.23. The predicted octanol–water partition coefficient (Wildman–Crippen LogP) is 1.53. The van der Waals surface area contributed by atoms with Crippen LogP contribution in [0.25, 0.3) is 0 Å². The minimum atomic E-state index is -0.816. The molecule has 17 heavy (non-hydrogen) atoms. The van der Waals surface area contributed by atoms with E-state index in [0.29, 0.717) is 6.61 Å². The van der Waals surface area contributed by atoms with Crippen molar-refractivity contribution < 1.29 is 14.6 Å². The summed E-state index contributed by atoms with van der Waals surface area (Å²) in [5.74, 6) is -0.0463. The van der Waals surface area contributed by atoms with Crippen molar-refractivity contribution in [2.24, 2.45) is 5.73 Å². The third-order valence-electron chi connectivity index (χ3n) is 3.17. The second-order valence-corrected chi connectivity index (χ2v) is 4.53. The van der Waals surface area contributed by atoms with Gasteiger partial charge in [0.1, 0.15) is 5.75 Å². The number of benzene rings is 1. The molecule has 0 saturated carbocycles.